The minimum absolute atomic E-state index is 0.0505. The number of nitrogens with zero attached hydrogens (tertiary/aromatic N) is 1. The lowest BCUT2D eigenvalue weighted by Gasteiger charge is -2.19. The van der Waals surface area contributed by atoms with Crippen LogP contribution in [0.3, 0.4) is 0 Å². The van der Waals surface area contributed by atoms with Gasteiger partial charge in [0.15, 0.2) is 6.10 Å². The molecule has 0 aliphatic heterocycles. The highest BCUT2D eigenvalue weighted by atomic mass is 16.6. The fourth-order valence-electron chi connectivity index (χ4n) is 3.52. The zero-order valence-corrected chi connectivity index (χ0v) is 18.9. The van der Waals surface area contributed by atoms with Gasteiger partial charge in [0.25, 0.3) is 11.6 Å². The number of carbonyl (C=O) groups excluding carboxylic acids is 3. The summed E-state index contributed by atoms with van der Waals surface area (Å²) in [7, 11) is 0. The molecule has 4 aromatic rings. The third-order valence-corrected chi connectivity index (χ3v) is 5.36. The van der Waals surface area contributed by atoms with E-state index in [1.807, 2.05) is 0 Å². The Kier molecular flexibility index (Phi) is 7.26. The molecule has 1 N–H and O–H groups in total. The number of non-ortho nitro benzene ring substituents is 1. The summed E-state index contributed by atoms with van der Waals surface area (Å²) in [4.78, 5) is 49.7. The van der Waals surface area contributed by atoms with Gasteiger partial charge < -0.3 is 10.1 Å². The van der Waals surface area contributed by atoms with Crippen LogP contribution >= 0.6 is 0 Å². The van der Waals surface area contributed by atoms with E-state index >= 15 is 0 Å². The van der Waals surface area contributed by atoms with Crippen LogP contribution in [0.1, 0.15) is 42.7 Å². The van der Waals surface area contributed by atoms with E-state index in [1.54, 1.807) is 78.9 Å². The Bertz CT molecular complexity index is 1400. The second-order valence-corrected chi connectivity index (χ2v) is 7.73. The average Bonchev–Trinajstić information content (AvgIpc) is 2.92. The van der Waals surface area contributed by atoms with Gasteiger partial charge in [-0.3, -0.25) is 19.7 Å². The van der Waals surface area contributed by atoms with E-state index in [2.05, 4.69) is 5.32 Å². The smallest absolute Gasteiger partial charge is 0.341 e. The zero-order valence-electron chi connectivity index (χ0n) is 18.9. The lowest BCUT2D eigenvalue weighted by atomic mass is 9.99. The molecule has 8 heteroatoms. The molecule has 0 aliphatic carbocycles. The topological polar surface area (TPSA) is 116 Å². The summed E-state index contributed by atoms with van der Waals surface area (Å²) < 4.78 is 5.66. The number of Topliss-reactive ketones (excluding diaryl/α,β-unsaturated/α-hetero) is 1. The first-order chi connectivity index (χ1) is 17.4. The zero-order chi connectivity index (χ0) is 25.5. The highest BCUT2D eigenvalue weighted by Gasteiger charge is 2.28. The van der Waals surface area contributed by atoms with Gasteiger partial charge in [-0.1, -0.05) is 60.7 Å². The van der Waals surface area contributed by atoms with Crippen molar-refractivity contribution in [2.45, 2.75) is 6.10 Å². The van der Waals surface area contributed by atoms with Crippen molar-refractivity contribution in [3.63, 3.8) is 0 Å². The van der Waals surface area contributed by atoms with Gasteiger partial charge in [-0.25, -0.2) is 4.79 Å². The van der Waals surface area contributed by atoms with Crippen molar-refractivity contribution in [1.29, 1.82) is 0 Å². The molecule has 0 heterocycles. The van der Waals surface area contributed by atoms with Crippen molar-refractivity contribution in [2.75, 3.05) is 5.32 Å². The summed E-state index contributed by atoms with van der Waals surface area (Å²) >= 11 is 0. The lowest BCUT2D eigenvalue weighted by molar-refractivity contribution is -0.384. The van der Waals surface area contributed by atoms with Gasteiger partial charge in [0.2, 0.25) is 5.78 Å². The number of nitro benzene ring substituents is 1. The molecule has 1 amide bonds. The molecule has 0 unspecified atom stereocenters. The number of benzene rings is 4. The number of nitrogens with one attached hydrogen (secondary N) is 1. The maximum atomic E-state index is 13.3. The molecule has 0 saturated carbocycles. The number of nitro groups is 1. The number of carbonyl (C=O) groups is 3. The first-order valence-electron chi connectivity index (χ1n) is 10.9. The van der Waals surface area contributed by atoms with E-state index in [4.69, 9.17) is 4.74 Å². The Morgan fingerprint density at radius 2 is 1.28 bits per heavy atom. The molecule has 0 saturated heterocycles. The lowest BCUT2D eigenvalue weighted by Crippen LogP contribution is -2.22. The van der Waals surface area contributed by atoms with Gasteiger partial charge in [0.1, 0.15) is 0 Å². The van der Waals surface area contributed by atoms with Crippen molar-refractivity contribution < 1.29 is 24.0 Å². The Morgan fingerprint density at radius 1 is 0.722 bits per heavy atom. The monoisotopic (exact) mass is 480 g/mol. The van der Waals surface area contributed by atoms with Crippen molar-refractivity contribution in [1.82, 2.24) is 0 Å². The van der Waals surface area contributed by atoms with E-state index in [0.29, 0.717) is 11.1 Å². The molecular weight excluding hydrogens is 460 g/mol. The molecular formula is C28H20N2O6. The van der Waals surface area contributed by atoms with Gasteiger partial charge in [-0.05, 0) is 36.4 Å². The minimum Gasteiger partial charge on any atom is -0.445 e. The number of esters is 1. The second-order valence-electron chi connectivity index (χ2n) is 7.73. The Morgan fingerprint density at radius 3 is 1.89 bits per heavy atom. The molecule has 178 valence electrons. The van der Waals surface area contributed by atoms with Crippen molar-refractivity contribution in [2.24, 2.45) is 0 Å². The molecule has 1 atom stereocenters. The number of hydrogen-bond donors (Lipinski definition) is 1. The number of amides is 1. The fraction of sp³-hybridized carbons (Fsp3) is 0.0357. The summed E-state index contributed by atoms with van der Waals surface area (Å²) in [5.74, 6) is -1.75. The predicted molar refractivity (Wildman–Crippen MR) is 133 cm³/mol. The van der Waals surface area contributed by atoms with E-state index in [0.717, 1.165) is 0 Å². The van der Waals surface area contributed by atoms with Gasteiger partial charge in [-0.15, -0.1) is 0 Å². The SMILES string of the molecule is O=C(Nc1ccccc1C(=O)O[C@H](C(=O)c1ccccc1)c1ccc([N+](=O)[O-])cc1)c1ccccc1. The summed E-state index contributed by atoms with van der Waals surface area (Å²) in [5.41, 5.74) is 1.09. The number of para-hydroxylation sites is 1. The van der Waals surface area contributed by atoms with Gasteiger partial charge in [-0.2, -0.15) is 0 Å². The molecule has 0 spiro atoms. The Labute approximate surface area is 206 Å². The van der Waals surface area contributed by atoms with Crippen LogP contribution in [0.25, 0.3) is 0 Å². The molecule has 8 nitrogen and oxygen atoms in total. The highest BCUT2D eigenvalue weighted by molar-refractivity contribution is 6.08. The minimum atomic E-state index is -1.36. The van der Waals surface area contributed by atoms with Crippen molar-refractivity contribution >= 4 is 29.0 Å². The maximum absolute atomic E-state index is 13.3. The normalized spacial score (nSPS) is 11.2. The van der Waals surface area contributed by atoms with E-state index < -0.39 is 28.7 Å². The molecule has 0 fully saturated rings. The first kappa shape index (κ1) is 24.0. The second kappa shape index (κ2) is 10.9. The van der Waals surface area contributed by atoms with Crippen LogP contribution < -0.4 is 5.32 Å². The molecule has 0 bridgehead atoms. The molecule has 0 aromatic heterocycles. The summed E-state index contributed by atoms with van der Waals surface area (Å²) in [5, 5.41) is 13.7. The molecule has 36 heavy (non-hydrogen) atoms. The highest BCUT2D eigenvalue weighted by Crippen LogP contribution is 2.27. The van der Waals surface area contributed by atoms with E-state index in [1.165, 1.54) is 30.3 Å². The van der Waals surface area contributed by atoms with Crippen LogP contribution in [0.15, 0.2) is 109 Å². The van der Waals surface area contributed by atoms with Crippen LogP contribution in [0.5, 0.6) is 0 Å². The number of ketones is 1. The summed E-state index contributed by atoms with van der Waals surface area (Å²) in [6.07, 6.45) is -1.36. The van der Waals surface area contributed by atoms with Crippen LogP contribution in [0, 0.1) is 10.1 Å². The molecule has 4 aromatic carbocycles. The maximum Gasteiger partial charge on any atom is 0.341 e. The average molecular weight is 480 g/mol. The van der Waals surface area contributed by atoms with E-state index in [9.17, 15) is 24.5 Å². The third-order valence-electron chi connectivity index (χ3n) is 5.36. The summed E-state index contributed by atoms with van der Waals surface area (Å²) in [6, 6.07) is 28.3. The third kappa shape index (κ3) is 5.51. The molecule has 0 aliphatic rings. The predicted octanol–water partition coefficient (Wildman–Crippen LogP) is 5.63. The van der Waals surface area contributed by atoms with Crippen LogP contribution in [0.2, 0.25) is 0 Å². The fourth-order valence-corrected chi connectivity index (χ4v) is 3.52. The standard InChI is InChI=1S/C28H20N2O6/c31-25(19-9-3-1-4-10-19)26(20-15-17-22(18-16-20)30(34)35)36-28(33)23-13-7-8-14-24(23)29-27(32)21-11-5-2-6-12-21/h1-18,26H,(H,29,32)/t26-/m0/s1. The largest absolute Gasteiger partial charge is 0.445 e. The van der Waals surface area contributed by atoms with Crippen molar-refractivity contribution in [3.05, 3.63) is 142 Å². The Hall–Kier alpha value is -5.11. The number of ether oxygens (including phenoxy) is 1. The van der Waals surface area contributed by atoms with Crippen molar-refractivity contribution in [3.8, 4) is 0 Å². The molecule has 4 rings (SSSR count). The van der Waals surface area contributed by atoms with Gasteiger partial charge in [0.05, 0.1) is 16.2 Å². The Balaban J connectivity index is 1.64. The number of rotatable bonds is 8. The van der Waals surface area contributed by atoms with Gasteiger partial charge in [0, 0.05) is 28.8 Å². The summed E-state index contributed by atoms with van der Waals surface area (Å²) in [6.45, 7) is 0. The van der Waals surface area contributed by atoms with Gasteiger partial charge >= 0.3 is 5.97 Å². The van der Waals surface area contributed by atoms with Crippen LogP contribution in [0.4, 0.5) is 11.4 Å². The van der Waals surface area contributed by atoms with Crippen LogP contribution in [-0.2, 0) is 4.74 Å². The first-order valence-corrected chi connectivity index (χ1v) is 10.9. The quantitative estimate of drug-likeness (QED) is 0.151. The van der Waals surface area contributed by atoms with Crippen LogP contribution in [-0.4, -0.2) is 22.6 Å². The number of hydrogen-bond acceptors (Lipinski definition) is 6. The number of anilines is 1. The molecule has 0 radical (unpaired) electrons. The van der Waals surface area contributed by atoms with E-state index in [-0.39, 0.29) is 22.5 Å².